The minimum atomic E-state index is -0.387. The number of carbonyl (C=O) groups is 2. The van der Waals surface area contributed by atoms with Gasteiger partial charge < -0.3 is 5.32 Å². The lowest BCUT2D eigenvalue weighted by molar-refractivity contribution is -0.128. The topological polar surface area (TPSA) is 61.8 Å². The molecule has 0 aromatic heterocycles. The van der Waals surface area contributed by atoms with Crippen molar-refractivity contribution >= 4 is 46.2 Å². The van der Waals surface area contributed by atoms with Gasteiger partial charge in [0.05, 0.1) is 5.69 Å². The van der Waals surface area contributed by atoms with Crippen LogP contribution >= 0.6 is 23.5 Å². The zero-order chi connectivity index (χ0) is 16.8. The van der Waals surface area contributed by atoms with Gasteiger partial charge in [0.15, 0.2) is 5.17 Å². The quantitative estimate of drug-likeness (QED) is 0.800. The number of carbonyl (C=O) groups excluding carboxylic acids is 2. The zero-order valence-electron chi connectivity index (χ0n) is 13.5. The Morgan fingerprint density at radius 1 is 1.39 bits per heavy atom. The van der Waals surface area contributed by atoms with Crippen molar-refractivity contribution in [3.63, 3.8) is 0 Å². The second kappa shape index (κ2) is 8.40. The molecule has 0 aliphatic carbocycles. The van der Waals surface area contributed by atoms with E-state index in [1.807, 2.05) is 44.4 Å². The normalized spacial score (nSPS) is 19.4. The largest absolute Gasteiger partial charge is 0.325 e. The fraction of sp³-hybridized carbons (Fsp3) is 0.438. The highest BCUT2D eigenvalue weighted by atomic mass is 32.2. The van der Waals surface area contributed by atoms with Gasteiger partial charge in [-0.2, -0.15) is 0 Å². The molecule has 0 spiro atoms. The lowest BCUT2D eigenvalue weighted by Gasteiger charge is -2.13. The molecule has 0 radical (unpaired) electrons. The van der Waals surface area contributed by atoms with Crippen LogP contribution in [0.5, 0.6) is 0 Å². The Kier molecular flexibility index (Phi) is 6.53. The highest BCUT2D eigenvalue weighted by molar-refractivity contribution is 8.15. The van der Waals surface area contributed by atoms with Crippen LogP contribution in [0.15, 0.2) is 34.2 Å². The van der Waals surface area contributed by atoms with E-state index in [-0.39, 0.29) is 23.5 Å². The Bertz CT molecular complexity index is 619. The van der Waals surface area contributed by atoms with Gasteiger partial charge in [0.25, 0.3) is 0 Å². The number of aliphatic imine (C=N–C) groups is 1. The molecule has 1 aliphatic heterocycles. The molecule has 1 aliphatic rings. The molecule has 1 atom stereocenters. The first-order chi connectivity index (χ1) is 11.1. The molecule has 7 heteroatoms. The summed E-state index contributed by atoms with van der Waals surface area (Å²) in [5.41, 5.74) is 0.787. The molecule has 1 heterocycles. The first-order valence-corrected chi connectivity index (χ1v) is 9.66. The van der Waals surface area contributed by atoms with Crippen molar-refractivity contribution < 1.29 is 9.59 Å². The lowest BCUT2D eigenvalue weighted by atomic mass is 10.2. The maximum atomic E-state index is 12.4. The molecular weight excluding hydrogens is 330 g/mol. The van der Waals surface area contributed by atoms with Crippen LogP contribution in [0.4, 0.5) is 5.69 Å². The van der Waals surface area contributed by atoms with Gasteiger partial charge >= 0.3 is 0 Å². The van der Waals surface area contributed by atoms with Crippen molar-refractivity contribution in [2.75, 3.05) is 24.7 Å². The summed E-state index contributed by atoms with van der Waals surface area (Å²) in [7, 11) is 0. The van der Waals surface area contributed by atoms with Crippen LogP contribution in [-0.4, -0.2) is 46.5 Å². The number of amides is 2. The molecule has 23 heavy (non-hydrogen) atoms. The summed E-state index contributed by atoms with van der Waals surface area (Å²) in [6.07, 6.45) is 2.12. The smallest absolute Gasteiger partial charge is 0.242 e. The number of anilines is 1. The maximum Gasteiger partial charge on any atom is 0.242 e. The van der Waals surface area contributed by atoms with Crippen LogP contribution in [-0.2, 0) is 9.59 Å². The Morgan fingerprint density at radius 2 is 2.13 bits per heavy atom. The molecule has 0 saturated carbocycles. The van der Waals surface area contributed by atoms with Gasteiger partial charge in [-0.3, -0.25) is 19.5 Å². The second-order valence-corrected chi connectivity index (χ2v) is 6.92. The first-order valence-electron chi connectivity index (χ1n) is 7.56. The van der Waals surface area contributed by atoms with E-state index in [4.69, 9.17) is 0 Å². The predicted octanol–water partition coefficient (Wildman–Crippen LogP) is 3.08. The van der Waals surface area contributed by atoms with Crippen molar-refractivity contribution in [3.8, 4) is 0 Å². The molecule has 1 aromatic rings. The molecule has 1 fully saturated rings. The molecule has 124 valence electrons. The van der Waals surface area contributed by atoms with Crippen molar-refractivity contribution in [1.29, 1.82) is 0 Å². The summed E-state index contributed by atoms with van der Waals surface area (Å²) in [5, 5.41) is 3.24. The van der Waals surface area contributed by atoms with Gasteiger partial charge in [-0.05, 0) is 32.2 Å². The number of rotatable bonds is 6. The Balaban J connectivity index is 2.03. The van der Waals surface area contributed by atoms with Gasteiger partial charge in [0.2, 0.25) is 11.8 Å². The molecular formula is C16H21N3O2S2. The van der Waals surface area contributed by atoms with Crippen LogP contribution in [0.2, 0.25) is 0 Å². The SMILES string of the molecule is CCN=C1S[C@H](CC(=O)Nc2ccccc2SC)C(=O)N1CC. The first kappa shape index (κ1) is 17.9. The summed E-state index contributed by atoms with van der Waals surface area (Å²) in [6.45, 7) is 5.07. The van der Waals surface area contributed by atoms with Gasteiger partial charge in [0, 0.05) is 24.4 Å². The van der Waals surface area contributed by atoms with Crippen LogP contribution in [0.3, 0.4) is 0 Å². The third-order valence-electron chi connectivity index (χ3n) is 3.38. The van der Waals surface area contributed by atoms with Crippen molar-refractivity contribution in [3.05, 3.63) is 24.3 Å². The van der Waals surface area contributed by atoms with E-state index in [0.717, 1.165) is 15.8 Å². The standard InChI is InChI=1S/C16H21N3O2S2/c1-4-17-16-19(5-2)15(21)13(23-16)10-14(20)18-11-8-6-7-9-12(11)22-3/h6-9,13H,4-5,10H2,1-3H3,(H,18,20)/t13-/m1/s1. The number of benzene rings is 1. The summed E-state index contributed by atoms with van der Waals surface area (Å²) >= 11 is 2.96. The maximum absolute atomic E-state index is 12.4. The molecule has 1 N–H and O–H groups in total. The highest BCUT2D eigenvalue weighted by Crippen LogP contribution is 2.30. The number of thioether (sulfide) groups is 2. The molecule has 0 unspecified atom stereocenters. The van der Waals surface area contributed by atoms with E-state index < -0.39 is 0 Å². The van der Waals surface area contributed by atoms with E-state index in [1.54, 1.807) is 16.7 Å². The third kappa shape index (κ3) is 4.29. The predicted molar refractivity (Wildman–Crippen MR) is 98.2 cm³/mol. The van der Waals surface area contributed by atoms with Crippen LogP contribution in [0.25, 0.3) is 0 Å². The van der Waals surface area contributed by atoms with Crippen LogP contribution in [0.1, 0.15) is 20.3 Å². The summed E-state index contributed by atoms with van der Waals surface area (Å²) in [6, 6.07) is 7.65. The Morgan fingerprint density at radius 3 is 2.78 bits per heavy atom. The molecule has 5 nitrogen and oxygen atoms in total. The van der Waals surface area contributed by atoms with Gasteiger partial charge in [0.1, 0.15) is 5.25 Å². The van der Waals surface area contributed by atoms with E-state index >= 15 is 0 Å². The minimum Gasteiger partial charge on any atom is -0.325 e. The van der Waals surface area contributed by atoms with Gasteiger partial charge in [-0.1, -0.05) is 23.9 Å². The van der Waals surface area contributed by atoms with E-state index in [1.165, 1.54) is 11.8 Å². The molecule has 0 bridgehead atoms. The summed E-state index contributed by atoms with van der Waals surface area (Å²) in [4.78, 5) is 31.7. The fourth-order valence-corrected chi connectivity index (χ4v) is 4.13. The summed E-state index contributed by atoms with van der Waals surface area (Å²) < 4.78 is 0. The molecule has 2 amide bonds. The van der Waals surface area contributed by atoms with E-state index in [2.05, 4.69) is 10.3 Å². The lowest BCUT2D eigenvalue weighted by Crippen LogP contribution is -2.33. The second-order valence-electron chi connectivity index (χ2n) is 4.90. The molecule has 1 aromatic carbocycles. The average molecular weight is 351 g/mol. The molecule has 1 saturated heterocycles. The number of amidine groups is 1. The Hall–Kier alpha value is -1.47. The van der Waals surface area contributed by atoms with Gasteiger partial charge in [-0.25, -0.2) is 0 Å². The number of hydrogen-bond acceptors (Lipinski definition) is 5. The van der Waals surface area contributed by atoms with Crippen molar-refractivity contribution in [2.24, 2.45) is 4.99 Å². The van der Waals surface area contributed by atoms with E-state index in [9.17, 15) is 9.59 Å². The fourth-order valence-electron chi connectivity index (χ4n) is 2.30. The zero-order valence-corrected chi connectivity index (χ0v) is 15.2. The van der Waals surface area contributed by atoms with Gasteiger partial charge in [-0.15, -0.1) is 11.8 Å². The average Bonchev–Trinajstić information content (AvgIpc) is 2.83. The molecule has 2 rings (SSSR count). The summed E-state index contributed by atoms with van der Waals surface area (Å²) in [5.74, 6) is -0.177. The number of hydrogen-bond donors (Lipinski definition) is 1. The highest BCUT2D eigenvalue weighted by Gasteiger charge is 2.38. The number of nitrogens with zero attached hydrogens (tertiary/aromatic N) is 2. The van der Waals surface area contributed by atoms with E-state index in [0.29, 0.717) is 13.1 Å². The van der Waals surface area contributed by atoms with Crippen molar-refractivity contribution in [1.82, 2.24) is 4.90 Å². The Labute approximate surface area is 145 Å². The minimum absolute atomic E-state index is 0.0296. The number of nitrogens with one attached hydrogen (secondary N) is 1. The third-order valence-corrected chi connectivity index (χ3v) is 5.39. The van der Waals surface area contributed by atoms with Crippen LogP contribution in [0, 0.1) is 0 Å². The van der Waals surface area contributed by atoms with Crippen LogP contribution < -0.4 is 5.32 Å². The number of para-hydroxylation sites is 1. The van der Waals surface area contributed by atoms with Crippen molar-refractivity contribution in [2.45, 2.75) is 30.4 Å². The monoisotopic (exact) mass is 351 g/mol.